The number of pyridine rings is 1. The van der Waals surface area contributed by atoms with Crippen LogP contribution in [0.1, 0.15) is 19.4 Å². The molecule has 0 radical (unpaired) electrons. The molecule has 3 N–H and O–H groups in total. The molecule has 0 spiro atoms. The number of aryl methyl sites for hydroxylation is 1. The standard InChI is InChI=1S/C14H19N3/c1-9(2)7-17-14-11(15)8-16-12-6-4-5-10(3)13(12)14/h4-6,8-9H,7,15H2,1-3H3,(H,16,17). The van der Waals surface area contributed by atoms with Crippen LogP contribution in [0.5, 0.6) is 0 Å². The highest BCUT2D eigenvalue weighted by atomic mass is 14.9. The normalized spacial score (nSPS) is 11.1. The molecule has 0 unspecified atom stereocenters. The Bertz CT molecular complexity index is 532. The highest BCUT2D eigenvalue weighted by Gasteiger charge is 2.08. The lowest BCUT2D eigenvalue weighted by Crippen LogP contribution is -2.10. The quantitative estimate of drug-likeness (QED) is 0.849. The van der Waals surface area contributed by atoms with Gasteiger partial charge in [0, 0.05) is 11.9 Å². The van der Waals surface area contributed by atoms with Gasteiger partial charge in [0.2, 0.25) is 0 Å². The molecule has 0 saturated heterocycles. The number of nitrogen functional groups attached to an aromatic ring is 1. The van der Waals surface area contributed by atoms with Crippen LogP contribution in [-0.2, 0) is 0 Å². The van der Waals surface area contributed by atoms with Gasteiger partial charge in [-0.15, -0.1) is 0 Å². The molecular weight excluding hydrogens is 210 g/mol. The fourth-order valence-corrected chi connectivity index (χ4v) is 1.93. The lowest BCUT2D eigenvalue weighted by Gasteiger charge is -2.15. The summed E-state index contributed by atoms with van der Waals surface area (Å²) in [4.78, 5) is 4.36. The number of aromatic nitrogens is 1. The molecule has 1 aromatic carbocycles. The number of benzene rings is 1. The first-order chi connectivity index (χ1) is 8.09. The summed E-state index contributed by atoms with van der Waals surface area (Å²) < 4.78 is 0. The van der Waals surface area contributed by atoms with Crippen LogP contribution in [0.15, 0.2) is 24.4 Å². The van der Waals surface area contributed by atoms with E-state index in [9.17, 15) is 0 Å². The Kier molecular flexibility index (Phi) is 3.18. The lowest BCUT2D eigenvalue weighted by atomic mass is 10.1. The van der Waals surface area contributed by atoms with Gasteiger partial charge >= 0.3 is 0 Å². The Labute approximate surface area is 102 Å². The highest BCUT2D eigenvalue weighted by molar-refractivity contribution is 5.99. The van der Waals surface area contributed by atoms with Gasteiger partial charge in [-0.05, 0) is 24.5 Å². The van der Waals surface area contributed by atoms with Crippen molar-refractivity contribution < 1.29 is 0 Å². The van der Waals surface area contributed by atoms with Gasteiger partial charge in [-0.3, -0.25) is 4.98 Å². The first-order valence-corrected chi connectivity index (χ1v) is 5.97. The van der Waals surface area contributed by atoms with E-state index < -0.39 is 0 Å². The van der Waals surface area contributed by atoms with E-state index in [0.29, 0.717) is 11.6 Å². The largest absolute Gasteiger partial charge is 0.396 e. The first-order valence-electron chi connectivity index (χ1n) is 5.97. The Morgan fingerprint density at radius 3 is 2.82 bits per heavy atom. The van der Waals surface area contributed by atoms with Crippen molar-refractivity contribution in [2.75, 3.05) is 17.6 Å². The van der Waals surface area contributed by atoms with Gasteiger partial charge < -0.3 is 11.1 Å². The van der Waals surface area contributed by atoms with Crippen LogP contribution >= 0.6 is 0 Å². The van der Waals surface area contributed by atoms with Gasteiger partial charge in [0.05, 0.1) is 23.1 Å². The number of nitrogens with two attached hydrogens (primary N) is 1. The molecule has 0 aliphatic rings. The van der Waals surface area contributed by atoms with Gasteiger partial charge in [-0.25, -0.2) is 0 Å². The number of hydrogen-bond donors (Lipinski definition) is 2. The maximum atomic E-state index is 6.02. The predicted octanol–water partition coefficient (Wildman–Crippen LogP) is 3.19. The number of anilines is 2. The summed E-state index contributed by atoms with van der Waals surface area (Å²) in [5.74, 6) is 0.585. The summed E-state index contributed by atoms with van der Waals surface area (Å²) in [7, 11) is 0. The molecule has 0 aliphatic carbocycles. The summed E-state index contributed by atoms with van der Waals surface area (Å²) >= 11 is 0. The molecule has 2 aromatic rings. The van der Waals surface area contributed by atoms with Crippen LogP contribution in [0.4, 0.5) is 11.4 Å². The molecule has 0 aliphatic heterocycles. The number of nitrogens with one attached hydrogen (secondary N) is 1. The van der Waals surface area contributed by atoms with Gasteiger partial charge in [-0.2, -0.15) is 0 Å². The minimum atomic E-state index is 0.585. The van der Waals surface area contributed by atoms with Crippen molar-refractivity contribution in [3.05, 3.63) is 30.0 Å². The Balaban J connectivity index is 2.54. The van der Waals surface area contributed by atoms with E-state index in [1.165, 1.54) is 5.56 Å². The Morgan fingerprint density at radius 2 is 2.12 bits per heavy atom. The van der Waals surface area contributed by atoms with Crippen molar-refractivity contribution >= 4 is 22.3 Å². The maximum Gasteiger partial charge on any atom is 0.0743 e. The fraction of sp³-hybridized carbons (Fsp3) is 0.357. The van der Waals surface area contributed by atoms with Crippen molar-refractivity contribution in [1.82, 2.24) is 4.98 Å². The molecule has 0 fully saturated rings. The molecule has 0 atom stereocenters. The lowest BCUT2D eigenvalue weighted by molar-refractivity contribution is 0.689. The molecule has 17 heavy (non-hydrogen) atoms. The SMILES string of the molecule is Cc1cccc2ncc(N)c(NCC(C)C)c12. The summed E-state index contributed by atoms with van der Waals surface area (Å²) in [6.07, 6.45) is 1.73. The highest BCUT2D eigenvalue weighted by Crippen LogP contribution is 2.30. The van der Waals surface area contributed by atoms with Gasteiger partial charge in [-0.1, -0.05) is 26.0 Å². The maximum absolute atomic E-state index is 6.02. The summed E-state index contributed by atoms with van der Waals surface area (Å²) in [6.45, 7) is 7.36. The fourth-order valence-electron chi connectivity index (χ4n) is 1.93. The smallest absolute Gasteiger partial charge is 0.0743 e. The average Bonchev–Trinajstić information content (AvgIpc) is 2.28. The third kappa shape index (κ3) is 2.33. The van der Waals surface area contributed by atoms with Crippen LogP contribution in [0.25, 0.3) is 10.9 Å². The van der Waals surface area contributed by atoms with Gasteiger partial charge in [0.25, 0.3) is 0 Å². The second-order valence-electron chi connectivity index (χ2n) is 4.83. The summed E-state index contributed by atoms with van der Waals surface area (Å²) in [5.41, 5.74) is 9.94. The third-order valence-electron chi connectivity index (χ3n) is 2.82. The van der Waals surface area contributed by atoms with Crippen molar-refractivity contribution in [2.45, 2.75) is 20.8 Å². The zero-order valence-corrected chi connectivity index (χ0v) is 10.6. The van der Waals surface area contributed by atoms with E-state index in [4.69, 9.17) is 5.73 Å². The zero-order valence-electron chi connectivity index (χ0n) is 10.6. The molecule has 1 heterocycles. The number of rotatable bonds is 3. The molecule has 90 valence electrons. The van der Waals surface area contributed by atoms with E-state index in [-0.39, 0.29) is 0 Å². The second kappa shape index (κ2) is 4.62. The number of nitrogens with zero attached hydrogens (tertiary/aromatic N) is 1. The van der Waals surface area contributed by atoms with Gasteiger partial charge in [0.15, 0.2) is 0 Å². The molecule has 3 heteroatoms. The van der Waals surface area contributed by atoms with Crippen LogP contribution in [0, 0.1) is 12.8 Å². The monoisotopic (exact) mass is 229 g/mol. The molecule has 0 bridgehead atoms. The number of hydrogen-bond acceptors (Lipinski definition) is 3. The molecule has 0 amide bonds. The van der Waals surface area contributed by atoms with Crippen molar-refractivity contribution in [3.63, 3.8) is 0 Å². The number of fused-ring (bicyclic) bond motifs is 1. The predicted molar refractivity (Wildman–Crippen MR) is 74.2 cm³/mol. The van der Waals surface area contributed by atoms with E-state index in [2.05, 4.69) is 37.1 Å². The summed E-state index contributed by atoms with van der Waals surface area (Å²) in [5, 5.41) is 4.56. The van der Waals surface area contributed by atoms with E-state index in [1.807, 2.05) is 12.1 Å². The molecule has 3 nitrogen and oxygen atoms in total. The van der Waals surface area contributed by atoms with E-state index in [0.717, 1.165) is 23.1 Å². The third-order valence-corrected chi connectivity index (χ3v) is 2.82. The van der Waals surface area contributed by atoms with Crippen molar-refractivity contribution in [1.29, 1.82) is 0 Å². The van der Waals surface area contributed by atoms with E-state index in [1.54, 1.807) is 6.20 Å². The summed E-state index contributed by atoms with van der Waals surface area (Å²) in [6, 6.07) is 6.12. The molecular formula is C14H19N3. The Morgan fingerprint density at radius 1 is 1.35 bits per heavy atom. The zero-order chi connectivity index (χ0) is 12.4. The van der Waals surface area contributed by atoms with Crippen LogP contribution in [0.3, 0.4) is 0 Å². The van der Waals surface area contributed by atoms with Crippen molar-refractivity contribution in [3.8, 4) is 0 Å². The van der Waals surface area contributed by atoms with Crippen LogP contribution < -0.4 is 11.1 Å². The topological polar surface area (TPSA) is 50.9 Å². The molecule has 0 saturated carbocycles. The van der Waals surface area contributed by atoms with Gasteiger partial charge in [0.1, 0.15) is 0 Å². The van der Waals surface area contributed by atoms with Crippen molar-refractivity contribution in [2.24, 2.45) is 5.92 Å². The second-order valence-corrected chi connectivity index (χ2v) is 4.83. The minimum absolute atomic E-state index is 0.585. The average molecular weight is 229 g/mol. The van der Waals surface area contributed by atoms with Crippen LogP contribution in [-0.4, -0.2) is 11.5 Å². The van der Waals surface area contributed by atoms with Crippen LogP contribution in [0.2, 0.25) is 0 Å². The van der Waals surface area contributed by atoms with E-state index >= 15 is 0 Å². The minimum Gasteiger partial charge on any atom is -0.396 e. The first kappa shape index (κ1) is 11.7. The Hall–Kier alpha value is -1.77. The molecule has 2 rings (SSSR count). The molecule has 1 aromatic heterocycles.